The van der Waals surface area contributed by atoms with Gasteiger partial charge in [-0.2, -0.15) is 5.10 Å². The number of fused-ring (bicyclic) bond motifs is 1. The summed E-state index contributed by atoms with van der Waals surface area (Å²) in [5.41, 5.74) is 2.43. The van der Waals surface area contributed by atoms with E-state index in [4.69, 9.17) is 0 Å². The van der Waals surface area contributed by atoms with E-state index in [1.54, 1.807) is 6.21 Å². The molecule has 0 saturated heterocycles. The van der Waals surface area contributed by atoms with Crippen molar-refractivity contribution < 1.29 is 0 Å². The second kappa shape index (κ2) is 3.05. The predicted octanol–water partition coefficient (Wildman–Crippen LogP) is 2.80. The number of hydrogen-bond donors (Lipinski definition) is 0. The highest BCUT2D eigenvalue weighted by atomic mass is 15.3. The van der Waals surface area contributed by atoms with E-state index in [1.165, 1.54) is 10.9 Å². The summed E-state index contributed by atoms with van der Waals surface area (Å²) < 4.78 is 1.91. The van der Waals surface area contributed by atoms with Crippen LogP contribution in [0, 0.1) is 6.92 Å². The molecule has 0 aliphatic carbocycles. The van der Waals surface area contributed by atoms with Crippen LogP contribution in [-0.2, 0) is 0 Å². The highest BCUT2D eigenvalue weighted by molar-refractivity contribution is 5.83. The molecule has 66 valence electrons. The minimum atomic E-state index is 1.16. The Kier molecular flexibility index (Phi) is 1.89. The zero-order valence-corrected chi connectivity index (χ0v) is 7.86. The monoisotopic (exact) mass is 172 g/mol. The lowest BCUT2D eigenvalue weighted by Crippen LogP contribution is -1.84. The van der Waals surface area contributed by atoms with Crippen molar-refractivity contribution in [1.29, 1.82) is 0 Å². The third-order valence-electron chi connectivity index (χ3n) is 2.13. The topological polar surface area (TPSA) is 17.3 Å². The molecule has 2 heteroatoms. The number of rotatable bonds is 1. The molecule has 1 heterocycles. The average Bonchev–Trinajstić information content (AvgIpc) is 2.46. The first-order valence-corrected chi connectivity index (χ1v) is 4.38. The Morgan fingerprint density at radius 3 is 2.85 bits per heavy atom. The molecular formula is C11H12N2. The van der Waals surface area contributed by atoms with E-state index in [9.17, 15) is 0 Å². The van der Waals surface area contributed by atoms with Crippen LogP contribution in [0.5, 0.6) is 0 Å². The quantitative estimate of drug-likeness (QED) is 0.588. The average molecular weight is 172 g/mol. The maximum atomic E-state index is 4.25. The fraction of sp³-hybridized carbons (Fsp3) is 0.182. The molecule has 2 nitrogen and oxygen atoms in total. The van der Waals surface area contributed by atoms with Crippen molar-refractivity contribution in [2.45, 2.75) is 13.8 Å². The zero-order valence-electron chi connectivity index (χ0n) is 7.86. The van der Waals surface area contributed by atoms with Gasteiger partial charge in [-0.25, -0.2) is 4.68 Å². The molecule has 0 N–H and O–H groups in total. The van der Waals surface area contributed by atoms with E-state index < -0.39 is 0 Å². The molecule has 0 atom stereocenters. The van der Waals surface area contributed by atoms with Crippen molar-refractivity contribution in [3.63, 3.8) is 0 Å². The van der Waals surface area contributed by atoms with Gasteiger partial charge in [-0.05, 0) is 25.5 Å². The maximum absolute atomic E-state index is 4.25. The Morgan fingerprint density at radius 2 is 2.08 bits per heavy atom. The van der Waals surface area contributed by atoms with Crippen LogP contribution in [0.1, 0.15) is 12.5 Å². The van der Waals surface area contributed by atoms with Gasteiger partial charge >= 0.3 is 0 Å². The van der Waals surface area contributed by atoms with Crippen molar-refractivity contribution >= 4 is 17.1 Å². The molecule has 0 bridgehead atoms. The van der Waals surface area contributed by atoms with Crippen LogP contribution in [0.25, 0.3) is 10.9 Å². The van der Waals surface area contributed by atoms with Crippen LogP contribution < -0.4 is 0 Å². The molecule has 13 heavy (non-hydrogen) atoms. The Hall–Kier alpha value is -1.57. The van der Waals surface area contributed by atoms with Crippen molar-refractivity contribution in [2.24, 2.45) is 5.10 Å². The Bertz CT molecular complexity index is 452. The van der Waals surface area contributed by atoms with E-state index >= 15 is 0 Å². The van der Waals surface area contributed by atoms with Gasteiger partial charge in [0.1, 0.15) is 0 Å². The summed E-state index contributed by atoms with van der Waals surface area (Å²) in [6, 6.07) is 8.28. The first-order chi connectivity index (χ1) is 6.33. The second-order valence-electron chi connectivity index (χ2n) is 3.05. The highest BCUT2D eigenvalue weighted by Gasteiger charge is 2.01. The van der Waals surface area contributed by atoms with Gasteiger partial charge in [0.2, 0.25) is 0 Å². The fourth-order valence-corrected chi connectivity index (χ4v) is 1.55. The van der Waals surface area contributed by atoms with Crippen LogP contribution in [0.3, 0.4) is 0 Å². The van der Waals surface area contributed by atoms with Crippen LogP contribution in [0.15, 0.2) is 35.6 Å². The van der Waals surface area contributed by atoms with Gasteiger partial charge < -0.3 is 0 Å². The van der Waals surface area contributed by atoms with E-state index in [0.29, 0.717) is 0 Å². The van der Waals surface area contributed by atoms with Gasteiger partial charge in [-0.1, -0.05) is 18.2 Å². The second-order valence-corrected chi connectivity index (χ2v) is 3.05. The molecule has 0 amide bonds. The standard InChI is InChI=1S/C11H12N2/c1-3-12-13-8-9(2)10-6-4-5-7-11(10)13/h3-8H,1-2H3. The van der Waals surface area contributed by atoms with E-state index in [1.807, 2.05) is 23.9 Å². The molecule has 1 aromatic heterocycles. The third kappa shape index (κ3) is 1.24. The normalized spacial score (nSPS) is 11.5. The summed E-state index contributed by atoms with van der Waals surface area (Å²) in [7, 11) is 0. The van der Waals surface area contributed by atoms with Gasteiger partial charge in [-0.15, -0.1) is 0 Å². The SMILES string of the molecule is CC=Nn1cc(C)c2ccccc21. The summed E-state index contributed by atoms with van der Waals surface area (Å²) in [5, 5.41) is 5.52. The highest BCUT2D eigenvalue weighted by Crippen LogP contribution is 2.19. The summed E-state index contributed by atoms with van der Waals surface area (Å²) in [6.45, 7) is 4.02. The summed E-state index contributed by atoms with van der Waals surface area (Å²) >= 11 is 0. The number of benzene rings is 1. The summed E-state index contributed by atoms with van der Waals surface area (Å²) in [6.07, 6.45) is 3.84. The lowest BCUT2D eigenvalue weighted by atomic mass is 10.2. The molecule has 1 aromatic carbocycles. The molecule has 0 radical (unpaired) electrons. The molecule has 0 unspecified atom stereocenters. The molecule has 0 saturated carbocycles. The van der Waals surface area contributed by atoms with E-state index in [-0.39, 0.29) is 0 Å². The number of aryl methyl sites for hydroxylation is 1. The van der Waals surface area contributed by atoms with E-state index in [2.05, 4.69) is 30.2 Å². The summed E-state index contributed by atoms with van der Waals surface area (Å²) in [4.78, 5) is 0. The molecule has 0 spiro atoms. The van der Waals surface area contributed by atoms with Gasteiger partial charge in [0.25, 0.3) is 0 Å². The van der Waals surface area contributed by atoms with Crippen LogP contribution >= 0.6 is 0 Å². The fourth-order valence-electron chi connectivity index (χ4n) is 1.55. The van der Waals surface area contributed by atoms with Crippen molar-refractivity contribution in [1.82, 2.24) is 4.68 Å². The van der Waals surface area contributed by atoms with Gasteiger partial charge in [-0.3, -0.25) is 0 Å². The zero-order chi connectivity index (χ0) is 9.26. The lowest BCUT2D eigenvalue weighted by Gasteiger charge is -1.94. The number of para-hydroxylation sites is 1. The number of nitrogens with zero attached hydrogens (tertiary/aromatic N) is 2. The van der Waals surface area contributed by atoms with Crippen molar-refractivity contribution in [3.8, 4) is 0 Å². The molecule has 2 rings (SSSR count). The Morgan fingerprint density at radius 1 is 1.31 bits per heavy atom. The maximum Gasteiger partial charge on any atom is 0.0721 e. The Labute approximate surface area is 77.5 Å². The first kappa shape index (κ1) is 8.05. The minimum absolute atomic E-state index is 1.16. The molecule has 0 aliphatic rings. The minimum Gasteiger partial charge on any atom is -0.240 e. The van der Waals surface area contributed by atoms with Gasteiger partial charge in [0.05, 0.1) is 5.52 Å². The largest absolute Gasteiger partial charge is 0.240 e. The third-order valence-corrected chi connectivity index (χ3v) is 2.13. The molecule has 0 fully saturated rings. The van der Waals surface area contributed by atoms with Gasteiger partial charge in [0.15, 0.2) is 0 Å². The number of aromatic nitrogens is 1. The smallest absolute Gasteiger partial charge is 0.0721 e. The van der Waals surface area contributed by atoms with Crippen LogP contribution in [0.2, 0.25) is 0 Å². The summed E-state index contributed by atoms with van der Waals surface area (Å²) in [5.74, 6) is 0. The number of hydrogen-bond acceptors (Lipinski definition) is 1. The van der Waals surface area contributed by atoms with Crippen molar-refractivity contribution in [2.75, 3.05) is 0 Å². The molecular weight excluding hydrogens is 160 g/mol. The van der Waals surface area contributed by atoms with Gasteiger partial charge in [0, 0.05) is 17.8 Å². The molecule has 2 aromatic rings. The van der Waals surface area contributed by atoms with Crippen LogP contribution in [0.4, 0.5) is 0 Å². The van der Waals surface area contributed by atoms with Crippen molar-refractivity contribution in [3.05, 3.63) is 36.0 Å². The first-order valence-electron chi connectivity index (χ1n) is 4.38. The lowest BCUT2D eigenvalue weighted by molar-refractivity contribution is 0.927. The van der Waals surface area contributed by atoms with E-state index in [0.717, 1.165) is 5.52 Å². The Balaban J connectivity index is 2.77. The molecule has 0 aliphatic heterocycles. The predicted molar refractivity (Wildman–Crippen MR) is 56.2 cm³/mol. The van der Waals surface area contributed by atoms with Crippen LogP contribution in [-0.4, -0.2) is 10.9 Å².